The molecule has 3 rings (SSSR count). The Labute approximate surface area is 171 Å². The van der Waals surface area contributed by atoms with E-state index in [9.17, 15) is 14.7 Å². The summed E-state index contributed by atoms with van der Waals surface area (Å²) >= 11 is 5.97. The first-order chi connectivity index (χ1) is 13.7. The number of aromatic nitrogens is 4. The van der Waals surface area contributed by atoms with Crippen LogP contribution >= 0.6 is 11.6 Å². The maximum absolute atomic E-state index is 12.7. The minimum Gasteiger partial charge on any atom is -0.508 e. The molecule has 2 N–H and O–H groups in total. The van der Waals surface area contributed by atoms with Crippen molar-refractivity contribution >= 4 is 34.4 Å². The number of hydrogen-bond acceptors (Lipinski definition) is 6. The Kier molecular flexibility index (Phi) is 5.60. The second kappa shape index (κ2) is 7.96. The standard InChI is InChI=1S/C19H21ClN6O3/c1-11(20)9-10-26-15-16(24(3)19(29)25(4)17(15)28)21-18(26)23-22-12(2)13-5-7-14(27)8-6-13/h5-9,27H,10H2,1-4H3,(H,21,23)/b11-9?,22-12+. The number of nitrogens with zero attached hydrogens (tertiary/aromatic N) is 5. The van der Waals surface area contributed by atoms with Crippen molar-refractivity contribution in [1.29, 1.82) is 0 Å². The van der Waals surface area contributed by atoms with E-state index in [0.717, 1.165) is 10.1 Å². The molecule has 0 radical (unpaired) electrons. The van der Waals surface area contributed by atoms with Gasteiger partial charge in [0.2, 0.25) is 5.95 Å². The lowest BCUT2D eigenvalue weighted by atomic mass is 10.1. The topological polar surface area (TPSA) is 106 Å². The van der Waals surface area contributed by atoms with Crippen LogP contribution in [0.25, 0.3) is 11.2 Å². The predicted octanol–water partition coefficient (Wildman–Crippen LogP) is 2.12. The molecule has 2 aromatic heterocycles. The van der Waals surface area contributed by atoms with Crippen molar-refractivity contribution in [3.63, 3.8) is 0 Å². The zero-order chi connectivity index (χ0) is 21.3. The molecule has 0 spiro atoms. The van der Waals surface area contributed by atoms with E-state index in [0.29, 0.717) is 16.7 Å². The zero-order valence-electron chi connectivity index (χ0n) is 16.5. The van der Waals surface area contributed by atoms with Gasteiger partial charge in [-0.25, -0.2) is 10.2 Å². The monoisotopic (exact) mass is 416 g/mol. The van der Waals surface area contributed by atoms with Crippen LogP contribution in [-0.4, -0.2) is 29.5 Å². The largest absolute Gasteiger partial charge is 0.508 e. The maximum atomic E-state index is 12.7. The molecule has 9 nitrogen and oxygen atoms in total. The van der Waals surface area contributed by atoms with E-state index >= 15 is 0 Å². The van der Waals surface area contributed by atoms with Gasteiger partial charge in [0.05, 0.1) is 5.71 Å². The lowest BCUT2D eigenvalue weighted by Crippen LogP contribution is -2.37. The smallest absolute Gasteiger partial charge is 0.332 e. The average molecular weight is 417 g/mol. The van der Waals surface area contributed by atoms with Crippen LogP contribution in [0.1, 0.15) is 19.4 Å². The number of phenols is 1. The fourth-order valence-corrected chi connectivity index (χ4v) is 2.90. The molecule has 3 aromatic rings. The third kappa shape index (κ3) is 3.95. The van der Waals surface area contributed by atoms with E-state index in [1.165, 1.54) is 11.6 Å². The lowest BCUT2D eigenvalue weighted by Gasteiger charge is -2.08. The quantitative estimate of drug-likeness (QED) is 0.489. The molecule has 152 valence electrons. The number of hydrogen-bond donors (Lipinski definition) is 2. The van der Waals surface area contributed by atoms with Gasteiger partial charge in [0.25, 0.3) is 5.56 Å². The summed E-state index contributed by atoms with van der Waals surface area (Å²) in [6.45, 7) is 3.80. The summed E-state index contributed by atoms with van der Waals surface area (Å²) in [5, 5.41) is 14.3. The van der Waals surface area contributed by atoms with Gasteiger partial charge in [0, 0.05) is 25.7 Å². The molecule has 0 aliphatic heterocycles. The summed E-state index contributed by atoms with van der Waals surface area (Å²) in [7, 11) is 2.98. The van der Waals surface area contributed by atoms with E-state index in [1.807, 2.05) is 0 Å². The first-order valence-electron chi connectivity index (χ1n) is 8.79. The molecule has 0 aliphatic rings. The normalized spacial score (nSPS) is 12.6. The highest BCUT2D eigenvalue weighted by molar-refractivity contribution is 6.29. The minimum atomic E-state index is -0.466. The van der Waals surface area contributed by atoms with Crippen molar-refractivity contribution in [2.45, 2.75) is 20.4 Å². The van der Waals surface area contributed by atoms with Crippen LogP contribution in [0, 0.1) is 0 Å². The Hall–Kier alpha value is -3.33. The highest BCUT2D eigenvalue weighted by atomic mass is 35.5. The Morgan fingerprint density at radius 3 is 2.48 bits per heavy atom. The van der Waals surface area contributed by atoms with Crippen LogP contribution in [-0.2, 0) is 20.6 Å². The first kappa shape index (κ1) is 20.4. The molecule has 0 fully saturated rings. The molecular weight excluding hydrogens is 396 g/mol. The van der Waals surface area contributed by atoms with Crippen molar-refractivity contribution < 1.29 is 5.11 Å². The average Bonchev–Trinajstić information content (AvgIpc) is 3.06. The number of fused-ring (bicyclic) bond motifs is 1. The van der Waals surface area contributed by atoms with Gasteiger partial charge in [-0.1, -0.05) is 17.7 Å². The number of imidazole rings is 1. The molecule has 0 saturated heterocycles. The van der Waals surface area contributed by atoms with E-state index in [-0.39, 0.29) is 23.5 Å². The molecule has 2 heterocycles. The predicted molar refractivity (Wildman–Crippen MR) is 114 cm³/mol. The molecule has 29 heavy (non-hydrogen) atoms. The first-order valence-corrected chi connectivity index (χ1v) is 9.16. The summed E-state index contributed by atoms with van der Waals surface area (Å²) in [5.41, 5.74) is 3.92. The number of benzene rings is 1. The van der Waals surface area contributed by atoms with Gasteiger partial charge in [0.1, 0.15) is 5.75 Å². The van der Waals surface area contributed by atoms with E-state index in [4.69, 9.17) is 11.6 Å². The molecule has 10 heteroatoms. The van der Waals surface area contributed by atoms with Crippen molar-refractivity contribution in [2.24, 2.45) is 19.2 Å². The van der Waals surface area contributed by atoms with Gasteiger partial charge in [-0.3, -0.25) is 18.5 Å². The number of aromatic hydroxyl groups is 1. The molecule has 1 aromatic carbocycles. The van der Waals surface area contributed by atoms with Gasteiger partial charge in [0.15, 0.2) is 11.2 Å². The molecular formula is C19H21ClN6O3. The summed E-state index contributed by atoms with van der Waals surface area (Å²) in [4.78, 5) is 29.4. The molecule has 0 unspecified atom stereocenters. The Morgan fingerprint density at radius 1 is 1.21 bits per heavy atom. The second-order valence-corrected chi connectivity index (χ2v) is 7.17. The fourth-order valence-electron chi connectivity index (χ4n) is 2.83. The van der Waals surface area contributed by atoms with Crippen LogP contribution < -0.4 is 16.7 Å². The number of nitrogens with one attached hydrogen (secondary N) is 1. The number of hydrazone groups is 1. The van der Waals surface area contributed by atoms with Gasteiger partial charge < -0.3 is 5.11 Å². The highest BCUT2D eigenvalue weighted by Crippen LogP contribution is 2.17. The van der Waals surface area contributed by atoms with Crippen molar-refractivity contribution in [2.75, 3.05) is 5.43 Å². The Balaban J connectivity index is 2.13. The lowest BCUT2D eigenvalue weighted by molar-refractivity contribution is 0.475. The van der Waals surface area contributed by atoms with Gasteiger partial charge >= 0.3 is 5.69 Å². The summed E-state index contributed by atoms with van der Waals surface area (Å²) in [6, 6.07) is 6.60. The number of allylic oxidation sites excluding steroid dienone is 2. The van der Waals surface area contributed by atoms with Crippen molar-refractivity contribution in [3.05, 3.63) is 61.8 Å². The zero-order valence-corrected chi connectivity index (χ0v) is 17.2. The van der Waals surface area contributed by atoms with Gasteiger partial charge in [-0.05, 0) is 43.7 Å². The van der Waals surface area contributed by atoms with Crippen LogP contribution in [0.4, 0.5) is 5.95 Å². The number of phenolic OH excluding ortho intramolecular Hbond substituents is 1. The van der Waals surface area contributed by atoms with Crippen LogP contribution in [0.2, 0.25) is 0 Å². The van der Waals surface area contributed by atoms with Crippen LogP contribution in [0.5, 0.6) is 5.75 Å². The second-order valence-electron chi connectivity index (χ2n) is 6.57. The molecule has 0 aliphatic carbocycles. The van der Waals surface area contributed by atoms with E-state index < -0.39 is 11.2 Å². The Bertz CT molecular complexity index is 1240. The molecule has 0 saturated carbocycles. The summed E-state index contributed by atoms with van der Waals surface area (Å²) in [6.07, 6.45) is 1.73. The summed E-state index contributed by atoms with van der Waals surface area (Å²) in [5.74, 6) is 0.460. The number of anilines is 1. The third-order valence-corrected chi connectivity index (χ3v) is 4.67. The maximum Gasteiger partial charge on any atom is 0.332 e. The molecule has 0 atom stereocenters. The Morgan fingerprint density at radius 2 is 1.86 bits per heavy atom. The third-order valence-electron chi connectivity index (χ3n) is 4.51. The summed E-state index contributed by atoms with van der Waals surface area (Å²) < 4.78 is 3.97. The van der Waals surface area contributed by atoms with Gasteiger partial charge in [-0.2, -0.15) is 10.1 Å². The molecule has 0 amide bonds. The number of halogens is 1. The number of aryl methyl sites for hydroxylation is 1. The number of rotatable bonds is 5. The molecule has 0 bridgehead atoms. The minimum absolute atomic E-state index is 0.163. The van der Waals surface area contributed by atoms with E-state index in [1.54, 1.807) is 55.8 Å². The van der Waals surface area contributed by atoms with Crippen molar-refractivity contribution in [1.82, 2.24) is 18.7 Å². The van der Waals surface area contributed by atoms with Crippen molar-refractivity contribution in [3.8, 4) is 5.75 Å². The van der Waals surface area contributed by atoms with E-state index in [2.05, 4.69) is 15.5 Å². The fraction of sp³-hybridized carbons (Fsp3) is 0.263. The SMILES string of the molecule is CC(Cl)=CCn1c(N/N=C(\C)c2ccc(O)cc2)nc2c1c(=O)n(C)c(=O)n2C. The van der Waals surface area contributed by atoms with Gasteiger partial charge in [-0.15, -0.1) is 0 Å². The highest BCUT2D eigenvalue weighted by Gasteiger charge is 2.18. The van der Waals surface area contributed by atoms with Crippen LogP contribution in [0.3, 0.4) is 0 Å². The van der Waals surface area contributed by atoms with Crippen LogP contribution in [0.15, 0.2) is 50.1 Å².